The fraction of sp³-hybridized carbons (Fsp3) is 0.455. The molecule has 2 amide bonds. The number of hydrogen-bond donors (Lipinski definition) is 2. The molecule has 1 aliphatic rings. The summed E-state index contributed by atoms with van der Waals surface area (Å²) in [6, 6.07) is 3.12. The van der Waals surface area contributed by atoms with Crippen molar-refractivity contribution in [3.63, 3.8) is 0 Å². The van der Waals surface area contributed by atoms with Gasteiger partial charge in [0.25, 0.3) is 0 Å². The summed E-state index contributed by atoms with van der Waals surface area (Å²) in [5.41, 5.74) is 0. The molecule has 1 atom stereocenters. The number of furan rings is 1. The van der Waals surface area contributed by atoms with E-state index >= 15 is 0 Å². The topological polar surface area (TPSA) is 71.3 Å². The Bertz CT molecular complexity index is 391. The van der Waals surface area contributed by atoms with Crippen molar-refractivity contribution in [2.24, 2.45) is 0 Å². The van der Waals surface area contributed by atoms with E-state index in [1.54, 1.807) is 30.2 Å². The number of carbonyl (C=O) groups excluding carboxylic acids is 2. The average molecular weight is 254 g/mol. The predicted molar refractivity (Wildman–Crippen MR) is 64.4 cm³/mol. The highest BCUT2D eigenvalue weighted by atomic mass is 32.2. The molecule has 1 aromatic heterocycles. The van der Waals surface area contributed by atoms with Crippen LogP contribution >= 0.6 is 11.8 Å². The number of thioether (sulfide) groups is 1. The molecule has 2 heterocycles. The van der Waals surface area contributed by atoms with E-state index < -0.39 is 6.04 Å². The molecule has 17 heavy (non-hydrogen) atoms. The molecule has 2 N–H and O–H groups in total. The highest BCUT2D eigenvalue weighted by molar-refractivity contribution is 7.99. The molecule has 0 spiro atoms. The Kier molecular flexibility index (Phi) is 4.08. The minimum atomic E-state index is -0.440. The van der Waals surface area contributed by atoms with E-state index in [1.807, 2.05) is 0 Å². The lowest BCUT2D eigenvalue weighted by molar-refractivity contribution is -0.128. The first-order valence-corrected chi connectivity index (χ1v) is 6.58. The molecule has 1 aliphatic heterocycles. The first kappa shape index (κ1) is 12.0. The van der Waals surface area contributed by atoms with E-state index in [-0.39, 0.29) is 11.8 Å². The Hall–Kier alpha value is -1.43. The van der Waals surface area contributed by atoms with Crippen LogP contribution in [-0.4, -0.2) is 29.4 Å². The zero-order chi connectivity index (χ0) is 12.1. The van der Waals surface area contributed by atoms with Crippen molar-refractivity contribution in [3.05, 3.63) is 24.2 Å². The summed E-state index contributed by atoms with van der Waals surface area (Å²) in [6.45, 7) is 0.350. The molecule has 2 rings (SSSR count). The lowest BCUT2D eigenvalue weighted by atomic mass is 10.3. The molecule has 6 heteroatoms. The Morgan fingerprint density at radius 2 is 2.53 bits per heavy atom. The molecule has 0 unspecified atom stereocenters. The van der Waals surface area contributed by atoms with Gasteiger partial charge < -0.3 is 15.1 Å². The van der Waals surface area contributed by atoms with Gasteiger partial charge in [-0.05, 0) is 12.1 Å². The number of hydrogen-bond acceptors (Lipinski definition) is 4. The molecule has 0 aliphatic carbocycles. The summed E-state index contributed by atoms with van der Waals surface area (Å²) >= 11 is 1.61. The number of nitrogens with one attached hydrogen (secondary N) is 2. The second kappa shape index (κ2) is 5.77. The van der Waals surface area contributed by atoms with Crippen molar-refractivity contribution in [2.75, 3.05) is 11.5 Å². The monoisotopic (exact) mass is 254 g/mol. The minimum absolute atomic E-state index is 0.0619. The van der Waals surface area contributed by atoms with Gasteiger partial charge in [0.15, 0.2) is 0 Å². The lowest BCUT2D eigenvalue weighted by Crippen LogP contribution is -2.47. The van der Waals surface area contributed by atoms with Gasteiger partial charge in [0.1, 0.15) is 11.8 Å². The molecule has 1 saturated heterocycles. The van der Waals surface area contributed by atoms with Gasteiger partial charge in [-0.2, -0.15) is 11.8 Å². The van der Waals surface area contributed by atoms with Gasteiger partial charge in [0.2, 0.25) is 11.8 Å². The van der Waals surface area contributed by atoms with Crippen molar-refractivity contribution in [2.45, 2.75) is 19.0 Å². The summed E-state index contributed by atoms with van der Waals surface area (Å²) < 4.78 is 5.11. The van der Waals surface area contributed by atoms with Crippen molar-refractivity contribution < 1.29 is 14.0 Å². The lowest BCUT2D eigenvalue weighted by Gasteiger charge is -2.14. The van der Waals surface area contributed by atoms with Crippen LogP contribution in [0.25, 0.3) is 0 Å². The zero-order valence-electron chi connectivity index (χ0n) is 9.27. The highest BCUT2D eigenvalue weighted by Gasteiger charge is 2.23. The third kappa shape index (κ3) is 3.52. The molecule has 0 radical (unpaired) electrons. The Labute approximate surface area is 103 Å². The van der Waals surface area contributed by atoms with Gasteiger partial charge in [-0.3, -0.25) is 9.59 Å². The second-order valence-corrected chi connectivity index (χ2v) is 4.89. The third-order valence-corrected chi connectivity index (χ3v) is 3.49. The summed E-state index contributed by atoms with van der Waals surface area (Å²) in [5.74, 6) is 1.87. The molecule has 0 bridgehead atoms. The van der Waals surface area contributed by atoms with Gasteiger partial charge >= 0.3 is 0 Å². The fourth-order valence-electron chi connectivity index (χ4n) is 1.53. The van der Waals surface area contributed by atoms with Crippen LogP contribution in [0.4, 0.5) is 0 Å². The van der Waals surface area contributed by atoms with Crippen LogP contribution in [0.15, 0.2) is 22.8 Å². The van der Waals surface area contributed by atoms with Crippen molar-refractivity contribution in [3.8, 4) is 0 Å². The smallest absolute Gasteiger partial charge is 0.243 e. The maximum Gasteiger partial charge on any atom is 0.243 e. The Morgan fingerprint density at radius 1 is 1.65 bits per heavy atom. The van der Waals surface area contributed by atoms with Gasteiger partial charge in [-0.25, -0.2) is 0 Å². The van der Waals surface area contributed by atoms with Crippen LogP contribution in [0.1, 0.15) is 12.2 Å². The number of rotatable bonds is 3. The molecule has 1 fully saturated rings. The van der Waals surface area contributed by atoms with Crippen LogP contribution in [0.5, 0.6) is 0 Å². The van der Waals surface area contributed by atoms with Gasteiger partial charge in [0.05, 0.1) is 12.8 Å². The second-order valence-electron chi connectivity index (χ2n) is 3.74. The van der Waals surface area contributed by atoms with Crippen LogP contribution in [0, 0.1) is 0 Å². The summed E-state index contributed by atoms with van der Waals surface area (Å²) in [6.07, 6.45) is 2.04. The van der Waals surface area contributed by atoms with Crippen molar-refractivity contribution >= 4 is 23.6 Å². The zero-order valence-corrected chi connectivity index (χ0v) is 10.1. The summed E-state index contributed by atoms with van der Waals surface area (Å²) in [7, 11) is 0. The van der Waals surface area contributed by atoms with E-state index in [9.17, 15) is 9.59 Å². The predicted octanol–water partition coefficient (Wildman–Crippen LogP) is 0.517. The molecule has 5 nitrogen and oxygen atoms in total. The SMILES string of the molecule is O=C1CCSC[C@@H](C(=O)NCc2ccco2)N1. The van der Waals surface area contributed by atoms with E-state index in [2.05, 4.69) is 10.6 Å². The van der Waals surface area contributed by atoms with Gasteiger partial charge in [-0.15, -0.1) is 0 Å². The van der Waals surface area contributed by atoms with E-state index in [1.165, 1.54) is 0 Å². The summed E-state index contributed by atoms with van der Waals surface area (Å²) in [4.78, 5) is 23.1. The Morgan fingerprint density at radius 3 is 3.29 bits per heavy atom. The van der Waals surface area contributed by atoms with Crippen LogP contribution in [0.3, 0.4) is 0 Å². The Balaban J connectivity index is 1.84. The standard InChI is InChI=1S/C11H14N2O3S/c14-10-3-5-17-7-9(13-10)11(15)12-6-8-2-1-4-16-8/h1-2,4,9H,3,5-7H2,(H,12,15)(H,13,14)/t9-/m0/s1. The highest BCUT2D eigenvalue weighted by Crippen LogP contribution is 2.10. The van der Waals surface area contributed by atoms with Crippen LogP contribution in [-0.2, 0) is 16.1 Å². The maximum atomic E-state index is 11.8. The van der Waals surface area contributed by atoms with E-state index in [0.29, 0.717) is 24.5 Å². The maximum absolute atomic E-state index is 11.8. The molecular weight excluding hydrogens is 240 g/mol. The molecule has 92 valence electrons. The van der Waals surface area contributed by atoms with Crippen molar-refractivity contribution in [1.82, 2.24) is 10.6 Å². The average Bonchev–Trinajstić information content (AvgIpc) is 2.74. The fourth-order valence-corrected chi connectivity index (χ4v) is 2.49. The molecule has 0 saturated carbocycles. The van der Waals surface area contributed by atoms with Crippen LogP contribution < -0.4 is 10.6 Å². The number of carbonyl (C=O) groups is 2. The normalized spacial score (nSPS) is 20.5. The third-order valence-electron chi connectivity index (χ3n) is 2.43. The quantitative estimate of drug-likeness (QED) is 0.825. The first-order chi connectivity index (χ1) is 8.25. The van der Waals surface area contributed by atoms with E-state index in [0.717, 1.165) is 5.75 Å². The van der Waals surface area contributed by atoms with Crippen LogP contribution in [0.2, 0.25) is 0 Å². The summed E-state index contributed by atoms with van der Waals surface area (Å²) in [5, 5.41) is 5.45. The first-order valence-electron chi connectivity index (χ1n) is 5.43. The molecular formula is C11H14N2O3S. The largest absolute Gasteiger partial charge is 0.467 e. The van der Waals surface area contributed by atoms with Gasteiger partial charge in [0, 0.05) is 17.9 Å². The number of amides is 2. The minimum Gasteiger partial charge on any atom is -0.467 e. The van der Waals surface area contributed by atoms with E-state index in [4.69, 9.17) is 4.42 Å². The van der Waals surface area contributed by atoms with Crippen molar-refractivity contribution in [1.29, 1.82) is 0 Å². The molecule has 1 aromatic rings. The molecule has 0 aromatic carbocycles. The van der Waals surface area contributed by atoms with Gasteiger partial charge in [-0.1, -0.05) is 0 Å².